The van der Waals surface area contributed by atoms with Crippen LogP contribution in [0.2, 0.25) is 0 Å². The first-order chi connectivity index (χ1) is 8.31. The van der Waals surface area contributed by atoms with Crippen LogP contribution in [0.25, 0.3) is 0 Å². The van der Waals surface area contributed by atoms with Gasteiger partial charge in [0.2, 0.25) is 0 Å². The monoisotopic (exact) mass is 250 g/mol. The minimum Gasteiger partial charge on any atom is -0.160 e. The van der Waals surface area contributed by atoms with Crippen LogP contribution in [0.3, 0.4) is 0 Å². The standard InChI is InChI=1S/C15H19FS/c1-3-5-8-13(4-2)14-9-6-7-10-15(17-16)12-11-14/h3,5-8,11-12H,4,9-10H2,1-2H3/b5-3-,7-6?,13-8+,14-11+,15-12+. The lowest BCUT2D eigenvalue weighted by molar-refractivity contribution is 0.940. The Labute approximate surface area is 108 Å². The fourth-order valence-corrected chi connectivity index (χ4v) is 1.98. The van der Waals surface area contributed by atoms with Gasteiger partial charge in [-0.05, 0) is 43.4 Å². The Morgan fingerprint density at radius 1 is 1.35 bits per heavy atom. The molecule has 1 rings (SSSR count). The summed E-state index contributed by atoms with van der Waals surface area (Å²) in [7, 11) is 0. The lowest BCUT2D eigenvalue weighted by atomic mass is 9.98. The third kappa shape index (κ3) is 4.78. The summed E-state index contributed by atoms with van der Waals surface area (Å²) in [6.45, 7) is 4.15. The number of hydrogen-bond donors (Lipinski definition) is 0. The molecule has 0 atom stereocenters. The van der Waals surface area contributed by atoms with Crippen molar-refractivity contribution in [1.29, 1.82) is 0 Å². The van der Waals surface area contributed by atoms with Gasteiger partial charge in [-0.15, -0.1) is 0 Å². The first-order valence-electron chi connectivity index (χ1n) is 5.97. The molecule has 0 unspecified atom stereocenters. The summed E-state index contributed by atoms with van der Waals surface area (Å²) in [5, 5.41) is 0. The molecular formula is C15H19FS. The molecule has 0 aromatic heterocycles. The molecule has 1 aliphatic carbocycles. The molecule has 0 saturated heterocycles. The molecule has 0 aliphatic heterocycles. The Balaban J connectivity index is 2.97. The third-order valence-corrected chi connectivity index (χ3v) is 3.18. The van der Waals surface area contributed by atoms with E-state index in [4.69, 9.17) is 0 Å². The van der Waals surface area contributed by atoms with Crippen LogP contribution >= 0.6 is 12.1 Å². The van der Waals surface area contributed by atoms with Crippen molar-refractivity contribution in [1.82, 2.24) is 0 Å². The summed E-state index contributed by atoms with van der Waals surface area (Å²) < 4.78 is 12.6. The Hall–Kier alpha value is -1.02. The Morgan fingerprint density at radius 3 is 2.76 bits per heavy atom. The summed E-state index contributed by atoms with van der Waals surface area (Å²) in [5.74, 6) is 0. The molecular weight excluding hydrogens is 231 g/mol. The molecule has 0 amide bonds. The van der Waals surface area contributed by atoms with Gasteiger partial charge < -0.3 is 0 Å². The topological polar surface area (TPSA) is 0 Å². The van der Waals surface area contributed by atoms with Gasteiger partial charge in [-0.1, -0.05) is 43.4 Å². The molecule has 2 heteroatoms. The van der Waals surface area contributed by atoms with Gasteiger partial charge in [0, 0.05) is 4.91 Å². The second-order valence-electron chi connectivity index (χ2n) is 3.85. The van der Waals surface area contributed by atoms with E-state index < -0.39 is 0 Å². The molecule has 0 aromatic carbocycles. The molecule has 0 nitrogen and oxygen atoms in total. The highest BCUT2D eigenvalue weighted by Crippen LogP contribution is 2.26. The van der Waals surface area contributed by atoms with E-state index in [1.165, 1.54) is 11.1 Å². The third-order valence-electron chi connectivity index (χ3n) is 2.68. The van der Waals surface area contributed by atoms with Crippen molar-refractivity contribution in [3.05, 3.63) is 58.6 Å². The Bertz CT molecular complexity index is 384. The molecule has 92 valence electrons. The number of halogens is 1. The smallest absolute Gasteiger partial charge is 0.0770 e. The van der Waals surface area contributed by atoms with Crippen molar-refractivity contribution in [2.24, 2.45) is 0 Å². The minimum atomic E-state index is 0.339. The van der Waals surface area contributed by atoms with Crippen LogP contribution < -0.4 is 0 Å². The maximum Gasteiger partial charge on any atom is 0.0770 e. The predicted octanol–water partition coefficient (Wildman–Crippen LogP) is 5.68. The minimum absolute atomic E-state index is 0.339. The molecule has 0 aromatic rings. The molecule has 0 spiro atoms. The Morgan fingerprint density at radius 2 is 2.12 bits per heavy atom. The summed E-state index contributed by atoms with van der Waals surface area (Å²) in [6, 6.07) is 0. The molecule has 17 heavy (non-hydrogen) atoms. The van der Waals surface area contributed by atoms with Crippen LogP contribution in [0.4, 0.5) is 3.89 Å². The second kappa shape index (κ2) is 8.13. The lowest BCUT2D eigenvalue weighted by Gasteiger charge is -2.09. The summed E-state index contributed by atoms with van der Waals surface area (Å²) in [4.78, 5) is 0.764. The van der Waals surface area contributed by atoms with Gasteiger partial charge >= 0.3 is 0 Å². The normalized spacial score (nSPS) is 23.8. The average molecular weight is 250 g/mol. The van der Waals surface area contributed by atoms with Gasteiger partial charge in [0.1, 0.15) is 0 Å². The first kappa shape index (κ1) is 14.0. The van der Waals surface area contributed by atoms with Crippen LogP contribution in [-0.2, 0) is 0 Å². The van der Waals surface area contributed by atoms with Crippen LogP contribution in [-0.4, -0.2) is 0 Å². The van der Waals surface area contributed by atoms with Crippen LogP contribution in [0, 0.1) is 0 Å². The molecule has 0 N–H and O–H groups in total. The van der Waals surface area contributed by atoms with Crippen LogP contribution in [0.1, 0.15) is 33.1 Å². The number of rotatable bonds is 4. The van der Waals surface area contributed by atoms with Crippen molar-refractivity contribution in [2.45, 2.75) is 33.1 Å². The molecule has 0 heterocycles. The van der Waals surface area contributed by atoms with Gasteiger partial charge in [0.15, 0.2) is 0 Å². The van der Waals surface area contributed by atoms with E-state index in [1.807, 2.05) is 31.2 Å². The summed E-state index contributed by atoms with van der Waals surface area (Å²) >= 11 is 0.339. The zero-order chi connectivity index (χ0) is 12.5. The van der Waals surface area contributed by atoms with Crippen molar-refractivity contribution in [3.8, 4) is 0 Å². The van der Waals surface area contributed by atoms with Crippen LogP contribution in [0.15, 0.2) is 58.6 Å². The maximum atomic E-state index is 12.6. The van der Waals surface area contributed by atoms with Crippen molar-refractivity contribution in [3.63, 3.8) is 0 Å². The number of allylic oxidation sites excluding steroid dienone is 10. The maximum absolute atomic E-state index is 12.6. The highest BCUT2D eigenvalue weighted by molar-refractivity contribution is 7.98. The van der Waals surface area contributed by atoms with Crippen molar-refractivity contribution in [2.75, 3.05) is 0 Å². The largest absolute Gasteiger partial charge is 0.160 e. The fourth-order valence-electron chi connectivity index (χ4n) is 1.70. The average Bonchev–Trinajstić information content (AvgIpc) is 2.32. The van der Waals surface area contributed by atoms with E-state index >= 15 is 0 Å². The Kier molecular flexibility index (Phi) is 6.71. The molecule has 0 radical (unpaired) electrons. The summed E-state index contributed by atoms with van der Waals surface area (Å²) in [6.07, 6.45) is 16.9. The van der Waals surface area contributed by atoms with E-state index in [9.17, 15) is 3.89 Å². The highest BCUT2D eigenvalue weighted by Gasteiger charge is 2.03. The molecule has 0 saturated carbocycles. The zero-order valence-electron chi connectivity index (χ0n) is 10.4. The van der Waals surface area contributed by atoms with E-state index in [1.54, 1.807) is 0 Å². The van der Waals surface area contributed by atoms with Gasteiger partial charge in [0.25, 0.3) is 0 Å². The number of hydrogen-bond acceptors (Lipinski definition) is 1. The van der Waals surface area contributed by atoms with E-state index in [0.29, 0.717) is 18.6 Å². The lowest BCUT2D eigenvalue weighted by Crippen LogP contribution is -1.89. The quantitative estimate of drug-likeness (QED) is 0.457. The van der Waals surface area contributed by atoms with Gasteiger partial charge in [-0.3, -0.25) is 0 Å². The van der Waals surface area contributed by atoms with Crippen LogP contribution in [0.5, 0.6) is 0 Å². The molecule has 0 fully saturated rings. The van der Waals surface area contributed by atoms with Crippen molar-refractivity contribution < 1.29 is 3.89 Å². The van der Waals surface area contributed by atoms with E-state index in [0.717, 1.165) is 17.7 Å². The van der Waals surface area contributed by atoms with Gasteiger partial charge in [-0.25, -0.2) is 0 Å². The zero-order valence-corrected chi connectivity index (χ0v) is 11.3. The SMILES string of the molecule is C\C=C/C=C(CC)/C1=C/C=C(/SF)CC=CC1. The molecule has 0 bridgehead atoms. The van der Waals surface area contributed by atoms with E-state index in [2.05, 4.69) is 25.2 Å². The highest BCUT2D eigenvalue weighted by atomic mass is 32.2. The second-order valence-corrected chi connectivity index (χ2v) is 4.53. The predicted molar refractivity (Wildman–Crippen MR) is 76.4 cm³/mol. The molecule has 1 aliphatic rings. The fraction of sp³-hybridized carbons (Fsp3) is 0.333. The van der Waals surface area contributed by atoms with E-state index in [-0.39, 0.29) is 0 Å². The first-order valence-corrected chi connectivity index (χ1v) is 6.69. The van der Waals surface area contributed by atoms with Crippen molar-refractivity contribution >= 4 is 12.1 Å². The van der Waals surface area contributed by atoms with Gasteiger partial charge in [0.05, 0.1) is 12.1 Å². The summed E-state index contributed by atoms with van der Waals surface area (Å²) in [5.41, 5.74) is 2.59. The van der Waals surface area contributed by atoms with Gasteiger partial charge in [-0.2, -0.15) is 3.89 Å².